The fourth-order valence-corrected chi connectivity index (χ4v) is 4.03. The van der Waals surface area contributed by atoms with E-state index in [9.17, 15) is 4.39 Å². The molecule has 2 aliphatic rings. The summed E-state index contributed by atoms with van der Waals surface area (Å²) in [7, 11) is 0. The Hall–Kier alpha value is -2.11. The molecule has 6 heteroatoms. The van der Waals surface area contributed by atoms with E-state index >= 15 is 0 Å². The highest BCUT2D eigenvalue weighted by Crippen LogP contribution is 2.37. The molecule has 0 radical (unpaired) electrons. The van der Waals surface area contributed by atoms with Gasteiger partial charge in [-0.1, -0.05) is 17.7 Å². The minimum Gasteiger partial charge on any atom is -0.386 e. The van der Waals surface area contributed by atoms with Crippen molar-refractivity contribution in [1.29, 1.82) is 0 Å². The highest BCUT2D eigenvalue weighted by Gasteiger charge is 2.33. The number of rotatable bonds is 3. The van der Waals surface area contributed by atoms with E-state index in [1.165, 1.54) is 17.2 Å². The Morgan fingerprint density at radius 1 is 1.31 bits per heavy atom. The molecule has 4 nitrogen and oxygen atoms in total. The molecule has 0 spiro atoms. The maximum absolute atomic E-state index is 14.5. The van der Waals surface area contributed by atoms with Crippen molar-refractivity contribution in [3.05, 3.63) is 63.9 Å². The van der Waals surface area contributed by atoms with Crippen molar-refractivity contribution in [2.75, 3.05) is 18.5 Å². The third kappa shape index (κ3) is 3.17. The summed E-state index contributed by atoms with van der Waals surface area (Å²) in [6.45, 7) is 2.43. The number of benzene rings is 2. The molecule has 2 unspecified atom stereocenters. The summed E-state index contributed by atoms with van der Waals surface area (Å²) in [4.78, 5) is 4.45. The molecule has 0 aromatic heterocycles. The van der Waals surface area contributed by atoms with Crippen LogP contribution >= 0.6 is 11.6 Å². The molecular formula is C20H21ClFN3O. The molecule has 0 saturated carbocycles. The van der Waals surface area contributed by atoms with Crippen molar-refractivity contribution < 1.29 is 9.13 Å². The number of ether oxygens (including phenoxy) is 1. The second kappa shape index (κ2) is 6.56. The van der Waals surface area contributed by atoms with E-state index in [2.05, 4.69) is 16.4 Å². The molecule has 0 saturated heterocycles. The molecule has 2 aromatic carbocycles. The largest absolute Gasteiger partial charge is 0.386 e. The molecule has 2 aromatic rings. The Balaban J connectivity index is 1.63. The van der Waals surface area contributed by atoms with Gasteiger partial charge in [0.25, 0.3) is 0 Å². The molecule has 2 atom stereocenters. The number of nitrogens with two attached hydrogens (primary N) is 1. The summed E-state index contributed by atoms with van der Waals surface area (Å²) in [5, 5.41) is 4.28. The summed E-state index contributed by atoms with van der Waals surface area (Å²) < 4.78 is 20.0. The summed E-state index contributed by atoms with van der Waals surface area (Å²) in [6, 6.07) is 11.2. The van der Waals surface area contributed by atoms with Gasteiger partial charge in [0.15, 0.2) is 0 Å². The van der Waals surface area contributed by atoms with Crippen LogP contribution in [0.25, 0.3) is 0 Å². The van der Waals surface area contributed by atoms with Crippen LogP contribution < -0.4 is 11.1 Å². The zero-order valence-electron chi connectivity index (χ0n) is 14.6. The zero-order chi connectivity index (χ0) is 18.3. The van der Waals surface area contributed by atoms with E-state index in [0.29, 0.717) is 18.0 Å². The number of nitrogens with zero attached hydrogens (tertiary/aromatic N) is 1. The average molecular weight is 374 g/mol. The van der Waals surface area contributed by atoms with Crippen molar-refractivity contribution >= 4 is 23.1 Å². The summed E-state index contributed by atoms with van der Waals surface area (Å²) >= 11 is 6.09. The Labute approximate surface area is 157 Å². The fraction of sp³-hybridized carbons (Fsp3) is 0.350. The lowest BCUT2D eigenvalue weighted by Crippen LogP contribution is -2.38. The zero-order valence-corrected chi connectivity index (χ0v) is 15.3. The number of halogens is 2. The Morgan fingerprint density at radius 3 is 2.96 bits per heavy atom. The maximum Gasteiger partial charge on any atom is 0.129 e. The van der Waals surface area contributed by atoms with Gasteiger partial charge in [-0.25, -0.2) is 4.39 Å². The summed E-state index contributed by atoms with van der Waals surface area (Å²) in [5.41, 5.74) is 8.85. The molecule has 1 heterocycles. The van der Waals surface area contributed by atoms with Gasteiger partial charge in [0.1, 0.15) is 23.8 Å². The molecule has 26 heavy (non-hydrogen) atoms. The van der Waals surface area contributed by atoms with Crippen LogP contribution in [0.2, 0.25) is 5.02 Å². The van der Waals surface area contributed by atoms with E-state index in [-0.39, 0.29) is 18.5 Å². The number of fused-ring (bicyclic) bond motifs is 1. The van der Waals surface area contributed by atoms with Crippen molar-refractivity contribution in [3.8, 4) is 0 Å². The Morgan fingerprint density at radius 2 is 2.15 bits per heavy atom. The van der Waals surface area contributed by atoms with Crippen LogP contribution in [0.15, 0.2) is 41.4 Å². The number of anilines is 1. The number of aryl methyl sites for hydroxylation is 1. The number of hydrogen-bond donors (Lipinski definition) is 2. The molecule has 136 valence electrons. The minimum absolute atomic E-state index is 0.185. The van der Waals surface area contributed by atoms with Crippen molar-refractivity contribution in [2.45, 2.75) is 31.3 Å². The quantitative estimate of drug-likeness (QED) is 0.848. The lowest BCUT2D eigenvalue weighted by molar-refractivity contribution is 0.104. The molecule has 4 rings (SSSR count). The van der Waals surface area contributed by atoms with E-state index in [0.717, 1.165) is 23.6 Å². The van der Waals surface area contributed by atoms with Crippen LogP contribution in [-0.4, -0.2) is 19.0 Å². The third-order valence-electron chi connectivity index (χ3n) is 5.09. The second-order valence-corrected chi connectivity index (χ2v) is 7.58. The van der Waals surface area contributed by atoms with Gasteiger partial charge in [-0.2, -0.15) is 0 Å². The molecule has 0 amide bonds. The standard InChI is InChI=1S/C20H21ClFN3O/c1-20(11-26-10-19(23)25-20)16-9-14(4-6-17(16)22)24-18-7-2-12-8-13(21)3-5-15(12)18/h3-6,8-9,18,24H,2,7,10-11H2,1H3,(H2,23,25). The smallest absolute Gasteiger partial charge is 0.129 e. The number of amidine groups is 1. The van der Waals surface area contributed by atoms with Crippen molar-refractivity contribution in [3.63, 3.8) is 0 Å². The highest BCUT2D eigenvalue weighted by molar-refractivity contribution is 6.30. The van der Waals surface area contributed by atoms with Gasteiger partial charge in [0, 0.05) is 16.3 Å². The highest BCUT2D eigenvalue weighted by atomic mass is 35.5. The molecule has 0 fully saturated rings. The lowest BCUT2D eigenvalue weighted by Gasteiger charge is -2.31. The van der Waals surface area contributed by atoms with Gasteiger partial charge in [0.2, 0.25) is 0 Å². The first kappa shape index (κ1) is 17.3. The van der Waals surface area contributed by atoms with Crippen molar-refractivity contribution in [2.24, 2.45) is 10.7 Å². The molecule has 1 aliphatic carbocycles. The second-order valence-electron chi connectivity index (χ2n) is 7.14. The maximum atomic E-state index is 14.5. The van der Waals surface area contributed by atoms with Gasteiger partial charge < -0.3 is 15.8 Å². The monoisotopic (exact) mass is 373 g/mol. The average Bonchev–Trinajstić information content (AvgIpc) is 2.98. The lowest BCUT2D eigenvalue weighted by atomic mass is 9.91. The van der Waals surface area contributed by atoms with E-state index in [1.54, 1.807) is 6.07 Å². The molecule has 0 bridgehead atoms. The number of hydrogen-bond acceptors (Lipinski definition) is 4. The molecule has 3 N–H and O–H groups in total. The van der Waals surface area contributed by atoms with Crippen LogP contribution in [0.3, 0.4) is 0 Å². The van der Waals surface area contributed by atoms with Gasteiger partial charge in [-0.3, -0.25) is 4.99 Å². The minimum atomic E-state index is -0.814. The first-order valence-corrected chi connectivity index (χ1v) is 9.09. The van der Waals surface area contributed by atoms with Crippen molar-refractivity contribution in [1.82, 2.24) is 0 Å². The van der Waals surface area contributed by atoms with Crippen LogP contribution in [0.4, 0.5) is 10.1 Å². The van der Waals surface area contributed by atoms with Crippen LogP contribution in [-0.2, 0) is 16.7 Å². The van der Waals surface area contributed by atoms with E-state index in [4.69, 9.17) is 22.1 Å². The fourth-order valence-electron chi connectivity index (χ4n) is 3.84. The van der Waals surface area contributed by atoms with Gasteiger partial charge in [-0.15, -0.1) is 0 Å². The summed E-state index contributed by atoms with van der Waals surface area (Å²) in [6.07, 6.45) is 1.96. The van der Waals surface area contributed by atoms with Crippen LogP contribution in [0, 0.1) is 5.82 Å². The van der Waals surface area contributed by atoms with Crippen LogP contribution in [0.1, 0.15) is 36.1 Å². The van der Waals surface area contributed by atoms with Gasteiger partial charge in [-0.05, 0) is 61.2 Å². The van der Waals surface area contributed by atoms with Gasteiger partial charge >= 0.3 is 0 Å². The predicted octanol–water partition coefficient (Wildman–Crippen LogP) is 4.18. The number of aliphatic imine (C=N–C) groups is 1. The molecule has 1 aliphatic heterocycles. The van der Waals surface area contributed by atoms with E-state index in [1.807, 2.05) is 25.1 Å². The molecular weight excluding hydrogens is 353 g/mol. The summed E-state index contributed by atoms with van der Waals surface area (Å²) in [5.74, 6) is 0.0804. The Bertz CT molecular complexity index is 885. The predicted molar refractivity (Wildman–Crippen MR) is 102 cm³/mol. The number of nitrogens with one attached hydrogen (secondary N) is 1. The first-order valence-electron chi connectivity index (χ1n) is 8.71. The normalized spacial score (nSPS) is 24.9. The SMILES string of the molecule is CC1(c2cc(NC3CCc4cc(Cl)ccc43)ccc2F)COCC(N)=N1. The van der Waals surface area contributed by atoms with Gasteiger partial charge in [0.05, 0.1) is 12.6 Å². The third-order valence-corrected chi connectivity index (χ3v) is 5.33. The van der Waals surface area contributed by atoms with E-state index < -0.39 is 5.54 Å². The van der Waals surface area contributed by atoms with Crippen LogP contribution in [0.5, 0.6) is 0 Å². The Kier molecular flexibility index (Phi) is 4.37. The topological polar surface area (TPSA) is 59.6 Å². The first-order chi connectivity index (χ1) is 12.4.